The zero-order chi connectivity index (χ0) is 22.4. The van der Waals surface area contributed by atoms with Crippen molar-refractivity contribution in [2.75, 3.05) is 6.54 Å². The second-order valence-electron chi connectivity index (χ2n) is 8.98. The lowest BCUT2D eigenvalue weighted by Crippen LogP contribution is -3.18. The molecule has 1 N–H and O–H groups in total. The molecule has 11 heteroatoms. The molecular formula is C22H28ClN5O4S. The zero-order valence-electron chi connectivity index (χ0n) is 18.7. The number of rotatable bonds is 6. The number of thiophene rings is 1. The minimum atomic E-state index is -0.365. The maximum Gasteiger partial charge on any atom is 0.339 e. The number of nitrogens with zero attached hydrogens (tertiary/aromatic N) is 4. The number of esters is 1. The van der Waals surface area contributed by atoms with Crippen LogP contribution < -0.4 is 28.6 Å². The first-order valence-electron chi connectivity index (χ1n) is 11.1. The summed E-state index contributed by atoms with van der Waals surface area (Å²) >= 11 is 1.51. The van der Waals surface area contributed by atoms with Gasteiger partial charge in [-0.2, -0.15) is 11.3 Å². The number of fused-ring (bicyclic) bond motifs is 3. The number of hydrogen-bond acceptors (Lipinski definition) is 6. The first-order chi connectivity index (χ1) is 15.4. The van der Waals surface area contributed by atoms with Gasteiger partial charge >= 0.3 is 11.7 Å². The molecule has 0 saturated carbocycles. The van der Waals surface area contributed by atoms with Crippen LogP contribution in [0.1, 0.15) is 42.5 Å². The van der Waals surface area contributed by atoms with Crippen LogP contribution >= 0.6 is 11.3 Å². The van der Waals surface area contributed by atoms with Gasteiger partial charge in [0, 0.05) is 58.1 Å². The number of halogens is 1. The average molecular weight is 494 g/mol. The summed E-state index contributed by atoms with van der Waals surface area (Å²) in [7, 11) is 3.14. The van der Waals surface area contributed by atoms with Crippen LogP contribution in [0.4, 0.5) is 0 Å². The van der Waals surface area contributed by atoms with Gasteiger partial charge in [0.1, 0.15) is 6.10 Å². The lowest BCUT2D eigenvalue weighted by Gasteiger charge is -2.35. The number of nitrogens with one attached hydrogen (secondary N) is 1. The van der Waals surface area contributed by atoms with Crippen LogP contribution in [0.25, 0.3) is 11.2 Å². The molecule has 2 aliphatic rings. The molecule has 2 saturated heterocycles. The molecular weight excluding hydrogens is 466 g/mol. The maximum atomic E-state index is 12.6. The summed E-state index contributed by atoms with van der Waals surface area (Å²) in [4.78, 5) is 42.9. The van der Waals surface area contributed by atoms with Gasteiger partial charge in [0.25, 0.3) is 5.56 Å². The number of carbonyl (C=O) groups excluding carboxylic acids is 1. The van der Waals surface area contributed by atoms with Crippen molar-refractivity contribution in [3.63, 3.8) is 0 Å². The molecule has 5 rings (SSSR count). The molecule has 2 fully saturated rings. The van der Waals surface area contributed by atoms with E-state index in [1.807, 2.05) is 21.4 Å². The summed E-state index contributed by atoms with van der Waals surface area (Å²) in [6.07, 6.45) is 6.75. The van der Waals surface area contributed by atoms with Crippen molar-refractivity contribution in [1.82, 2.24) is 18.7 Å². The van der Waals surface area contributed by atoms with Gasteiger partial charge in [-0.3, -0.25) is 13.9 Å². The van der Waals surface area contributed by atoms with Gasteiger partial charge in [-0.15, -0.1) is 0 Å². The van der Waals surface area contributed by atoms with Gasteiger partial charge in [-0.25, -0.2) is 14.6 Å². The maximum absolute atomic E-state index is 12.6. The zero-order valence-corrected chi connectivity index (χ0v) is 20.3. The Morgan fingerprint density at radius 3 is 2.61 bits per heavy atom. The number of quaternary nitrogens is 1. The fourth-order valence-electron chi connectivity index (χ4n) is 5.50. The van der Waals surface area contributed by atoms with Gasteiger partial charge in [0.05, 0.1) is 30.5 Å². The van der Waals surface area contributed by atoms with E-state index in [0.29, 0.717) is 35.4 Å². The Kier molecular flexibility index (Phi) is 6.78. The smallest absolute Gasteiger partial charge is 0.339 e. The quantitative estimate of drug-likeness (QED) is 0.378. The fraction of sp³-hybridized carbons (Fsp3) is 0.545. The predicted molar refractivity (Wildman–Crippen MR) is 120 cm³/mol. The summed E-state index contributed by atoms with van der Waals surface area (Å²) in [6.45, 7) is 1.69. The van der Waals surface area contributed by atoms with E-state index in [9.17, 15) is 14.4 Å². The molecule has 9 nitrogen and oxygen atoms in total. The molecule has 3 aromatic rings. The summed E-state index contributed by atoms with van der Waals surface area (Å²) in [5, 5.41) is 3.73. The minimum absolute atomic E-state index is 0. The molecule has 2 aliphatic heterocycles. The second-order valence-corrected chi connectivity index (χ2v) is 9.76. The monoisotopic (exact) mass is 493 g/mol. The molecule has 33 heavy (non-hydrogen) atoms. The molecule has 0 aliphatic carbocycles. The highest BCUT2D eigenvalue weighted by molar-refractivity contribution is 7.08. The SMILES string of the molecule is Cn1c(=O)c2c(ncn2CCC[NH+]2C3CCC2CC(OC(=O)c2ccsc2)C3)n(C)c1=O.[Cl-]. The molecule has 3 aromatic heterocycles. The van der Waals surface area contributed by atoms with Crippen LogP contribution in [0.2, 0.25) is 0 Å². The Hall–Kier alpha value is -2.43. The third-order valence-corrected chi connectivity index (χ3v) is 7.80. The number of aromatic nitrogens is 4. The number of hydrogen-bond donors (Lipinski definition) is 1. The molecule has 2 atom stereocenters. The fourth-order valence-corrected chi connectivity index (χ4v) is 6.13. The van der Waals surface area contributed by atoms with E-state index in [1.54, 1.807) is 18.3 Å². The summed E-state index contributed by atoms with van der Waals surface area (Å²) in [5.41, 5.74) is 0.885. The van der Waals surface area contributed by atoms with Crippen LogP contribution in [0.3, 0.4) is 0 Å². The number of imidazole rings is 1. The van der Waals surface area contributed by atoms with Gasteiger partial charge in [-0.05, 0) is 11.4 Å². The standard InChI is InChI=1S/C22H27N5O4S.ClH/c1-24-19-18(20(28)25(2)22(24)30)26(13-23-19)7-3-8-27-15-4-5-16(27)11-17(10-15)31-21(29)14-6-9-32-12-14;/h6,9,12-13,15-17H,3-5,7-8,10-11H2,1-2H3;1H. The third-order valence-electron chi connectivity index (χ3n) is 7.12. The van der Waals surface area contributed by atoms with E-state index in [2.05, 4.69) is 4.98 Å². The van der Waals surface area contributed by atoms with Crippen LogP contribution in [0, 0.1) is 0 Å². The molecule has 0 radical (unpaired) electrons. The van der Waals surface area contributed by atoms with Gasteiger partial charge in [-0.1, -0.05) is 0 Å². The largest absolute Gasteiger partial charge is 1.00 e. The molecule has 0 amide bonds. The van der Waals surface area contributed by atoms with Gasteiger partial charge in [0.2, 0.25) is 0 Å². The Bertz CT molecular complexity index is 1250. The van der Waals surface area contributed by atoms with Crippen molar-refractivity contribution in [3.05, 3.63) is 49.6 Å². The molecule has 2 bridgehead atoms. The Balaban J connectivity index is 0.00000259. The lowest BCUT2D eigenvalue weighted by molar-refractivity contribution is -0.942. The van der Waals surface area contributed by atoms with Crippen LogP contribution in [-0.4, -0.2) is 49.4 Å². The van der Waals surface area contributed by atoms with E-state index in [1.165, 1.54) is 35.8 Å². The second kappa shape index (κ2) is 9.44. The van der Waals surface area contributed by atoms with E-state index in [0.717, 1.165) is 30.4 Å². The normalized spacial score (nSPS) is 24.1. The van der Waals surface area contributed by atoms with Crippen LogP contribution in [0.5, 0.6) is 0 Å². The predicted octanol–water partition coefficient (Wildman–Crippen LogP) is -2.68. The molecule has 0 aromatic carbocycles. The Morgan fingerprint density at radius 2 is 1.94 bits per heavy atom. The number of aryl methyl sites for hydroxylation is 2. The minimum Gasteiger partial charge on any atom is -1.00 e. The van der Waals surface area contributed by atoms with Gasteiger partial charge < -0.3 is 26.6 Å². The summed E-state index contributed by atoms with van der Waals surface area (Å²) < 4.78 is 10.2. The topological polar surface area (TPSA) is 92.6 Å². The first kappa shape index (κ1) is 23.7. The van der Waals surface area contributed by atoms with Crippen LogP contribution in [-0.2, 0) is 25.4 Å². The van der Waals surface area contributed by atoms with Crippen molar-refractivity contribution in [2.45, 2.75) is 56.8 Å². The Labute approximate surface area is 201 Å². The van der Waals surface area contributed by atoms with E-state index in [-0.39, 0.29) is 35.7 Å². The van der Waals surface area contributed by atoms with Crippen LogP contribution in [0.15, 0.2) is 32.7 Å². The van der Waals surface area contributed by atoms with Crippen molar-refractivity contribution >= 4 is 28.5 Å². The van der Waals surface area contributed by atoms with Crippen molar-refractivity contribution in [3.8, 4) is 0 Å². The molecule has 178 valence electrons. The number of ether oxygens (including phenoxy) is 1. The average Bonchev–Trinajstić information content (AvgIpc) is 3.50. The van der Waals surface area contributed by atoms with Crippen molar-refractivity contribution < 1.29 is 26.8 Å². The molecule has 0 spiro atoms. The summed E-state index contributed by atoms with van der Waals surface area (Å²) in [6, 6.07) is 2.84. The summed E-state index contributed by atoms with van der Waals surface area (Å²) in [5.74, 6) is -0.206. The van der Waals surface area contributed by atoms with Gasteiger partial charge in [0.15, 0.2) is 11.2 Å². The first-order valence-corrected chi connectivity index (χ1v) is 12.1. The number of piperidine rings is 1. The van der Waals surface area contributed by atoms with Crippen molar-refractivity contribution in [2.24, 2.45) is 14.1 Å². The molecule has 2 unspecified atom stereocenters. The van der Waals surface area contributed by atoms with E-state index < -0.39 is 0 Å². The molecule has 5 heterocycles. The Morgan fingerprint density at radius 1 is 1.21 bits per heavy atom. The third kappa shape index (κ3) is 4.27. The van der Waals surface area contributed by atoms with E-state index in [4.69, 9.17) is 4.74 Å². The highest BCUT2D eigenvalue weighted by Gasteiger charge is 2.45. The van der Waals surface area contributed by atoms with E-state index >= 15 is 0 Å². The number of carbonyl (C=O) groups is 1. The lowest BCUT2D eigenvalue weighted by atomic mass is 9.99. The van der Waals surface area contributed by atoms with Crippen molar-refractivity contribution in [1.29, 1.82) is 0 Å². The highest BCUT2D eigenvalue weighted by atomic mass is 35.5. The highest BCUT2D eigenvalue weighted by Crippen LogP contribution is 2.26.